The molecule has 4 heteroatoms. The van der Waals surface area contributed by atoms with E-state index in [1.165, 1.54) is 16.5 Å². The smallest absolute Gasteiger partial charge is 0.226 e. The number of hydrogen-bond donors (Lipinski definition) is 0. The number of halogens is 1. The van der Waals surface area contributed by atoms with E-state index in [1.807, 2.05) is 11.0 Å². The van der Waals surface area contributed by atoms with Crippen LogP contribution in [-0.2, 0) is 17.8 Å². The predicted molar refractivity (Wildman–Crippen MR) is 80.7 cm³/mol. The van der Waals surface area contributed by atoms with Crippen LogP contribution in [0.15, 0.2) is 35.7 Å². The molecular formula is C17H16FNOS. The summed E-state index contributed by atoms with van der Waals surface area (Å²) in [7, 11) is 0. The van der Waals surface area contributed by atoms with Crippen molar-refractivity contribution < 1.29 is 9.18 Å². The van der Waals surface area contributed by atoms with Crippen LogP contribution >= 0.6 is 11.3 Å². The molecule has 2 aliphatic rings. The third kappa shape index (κ3) is 2.27. The summed E-state index contributed by atoms with van der Waals surface area (Å²) in [5, 5.41) is 2.10. The maximum atomic E-state index is 13.8. The minimum Gasteiger partial charge on any atom is -0.338 e. The molecule has 1 amide bonds. The fraction of sp³-hybridized carbons (Fsp3) is 0.353. The summed E-state index contributed by atoms with van der Waals surface area (Å²) in [4.78, 5) is 15.9. The van der Waals surface area contributed by atoms with Crippen molar-refractivity contribution in [3.05, 3.63) is 57.5 Å². The van der Waals surface area contributed by atoms with Crippen LogP contribution in [0.5, 0.6) is 0 Å². The van der Waals surface area contributed by atoms with Gasteiger partial charge in [0.25, 0.3) is 0 Å². The molecule has 0 bridgehead atoms. The van der Waals surface area contributed by atoms with Gasteiger partial charge in [-0.2, -0.15) is 0 Å². The van der Waals surface area contributed by atoms with Gasteiger partial charge in [0.15, 0.2) is 0 Å². The molecule has 0 N–H and O–H groups in total. The Kier molecular flexibility index (Phi) is 3.07. The van der Waals surface area contributed by atoms with Crippen LogP contribution in [0.4, 0.5) is 4.39 Å². The molecule has 1 saturated carbocycles. The average Bonchev–Trinajstić information content (AvgIpc) is 3.15. The van der Waals surface area contributed by atoms with Crippen molar-refractivity contribution in [2.45, 2.75) is 25.3 Å². The molecule has 2 aromatic rings. The summed E-state index contributed by atoms with van der Waals surface area (Å²) >= 11 is 1.77. The number of carbonyl (C=O) groups is 1. The molecule has 108 valence electrons. The van der Waals surface area contributed by atoms with Crippen LogP contribution in [0.1, 0.15) is 28.3 Å². The van der Waals surface area contributed by atoms with Gasteiger partial charge < -0.3 is 4.90 Å². The monoisotopic (exact) mass is 301 g/mol. The lowest BCUT2D eigenvalue weighted by Gasteiger charge is -2.27. The zero-order chi connectivity index (χ0) is 14.4. The van der Waals surface area contributed by atoms with E-state index in [0.717, 1.165) is 25.9 Å². The molecule has 2 unspecified atom stereocenters. The van der Waals surface area contributed by atoms with Gasteiger partial charge in [0.1, 0.15) is 5.82 Å². The van der Waals surface area contributed by atoms with Crippen LogP contribution in [0.2, 0.25) is 0 Å². The van der Waals surface area contributed by atoms with E-state index in [9.17, 15) is 9.18 Å². The molecule has 1 aromatic heterocycles. The lowest BCUT2D eigenvalue weighted by Crippen LogP contribution is -2.36. The molecule has 1 aliphatic carbocycles. The summed E-state index contributed by atoms with van der Waals surface area (Å²) < 4.78 is 13.8. The van der Waals surface area contributed by atoms with Gasteiger partial charge in [0, 0.05) is 23.9 Å². The zero-order valence-electron chi connectivity index (χ0n) is 11.6. The first-order chi connectivity index (χ1) is 10.2. The van der Waals surface area contributed by atoms with Gasteiger partial charge in [-0.05, 0) is 47.4 Å². The van der Waals surface area contributed by atoms with Crippen molar-refractivity contribution in [3.63, 3.8) is 0 Å². The van der Waals surface area contributed by atoms with Gasteiger partial charge in [-0.1, -0.05) is 18.2 Å². The van der Waals surface area contributed by atoms with Crippen LogP contribution in [0.25, 0.3) is 0 Å². The lowest BCUT2D eigenvalue weighted by atomic mass is 10.1. The van der Waals surface area contributed by atoms with Gasteiger partial charge in [-0.3, -0.25) is 4.79 Å². The van der Waals surface area contributed by atoms with Crippen LogP contribution in [0, 0.1) is 11.7 Å². The first-order valence-corrected chi connectivity index (χ1v) is 8.20. The summed E-state index contributed by atoms with van der Waals surface area (Å²) in [5.41, 5.74) is 1.98. The second kappa shape index (κ2) is 4.95. The average molecular weight is 301 g/mol. The molecule has 1 aliphatic heterocycles. The maximum Gasteiger partial charge on any atom is 0.226 e. The third-order valence-corrected chi connectivity index (χ3v) is 5.55. The van der Waals surface area contributed by atoms with Crippen molar-refractivity contribution in [2.24, 2.45) is 5.92 Å². The number of thiophene rings is 1. The van der Waals surface area contributed by atoms with Crippen molar-refractivity contribution >= 4 is 17.2 Å². The van der Waals surface area contributed by atoms with Crippen molar-refractivity contribution in [1.82, 2.24) is 4.90 Å². The minimum absolute atomic E-state index is 0.0258. The summed E-state index contributed by atoms with van der Waals surface area (Å²) in [6.07, 6.45) is 1.74. The Morgan fingerprint density at radius 1 is 1.29 bits per heavy atom. The van der Waals surface area contributed by atoms with Crippen LogP contribution < -0.4 is 0 Å². The van der Waals surface area contributed by atoms with Crippen molar-refractivity contribution in [2.75, 3.05) is 6.54 Å². The Hall–Kier alpha value is -1.68. The fourth-order valence-electron chi connectivity index (χ4n) is 3.26. The standard InChI is InChI=1S/C17H16FNOS/c18-15-4-2-1-3-12(15)13-9-14(13)17(20)19-7-5-16-11(10-19)6-8-21-16/h1-4,6,8,13-14H,5,7,9-10H2. The normalized spacial score (nSPS) is 23.8. The van der Waals surface area contributed by atoms with Crippen molar-refractivity contribution in [3.8, 4) is 0 Å². The fourth-order valence-corrected chi connectivity index (χ4v) is 4.15. The largest absolute Gasteiger partial charge is 0.338 e. The van der Waals surface area contributed by atoms with E-state index in [0.29, 0.717) is 5.56 Å². The summed E-state index contributed by atoms with van der Waals surface area (Å²) in [5.74, 6) is 0.0568. The highest BCUT2D eigenvalue weighted by Gasteiger charge is 2.47. The highest BCUT2D eigenvalue weighted by Crippen LogP contribution is 2.49. The molecule has 0 spiro atoms. The molecule has 4 rings (SSSR count). The number of fused-ring (bicyclic) bond motifs is 1. The molecule has 0 saturated heterocycles. The SMILES string of the molecule is O=C(C1CC1c1ccccc1F)N1CCc2sccc2C1. The summed E-state index contributed by atoms with van der Waals surface area (Å²) in [6.45, 7) is 1.52. The lowest BCUT2D eigenvalue weighted by molar-refractivity contribution is -0.133. The highest BCUT2D eigenvalue weighted by molar-refractivity contribution is 7.10. The second-order valence-corrected chi connectivity index (χ2v) is 6.85. The van der Waals surface area contributed by atoms with Crippen LogP contribution in [-0.4, -0.2) is 17.4 Å². The molecule has 2 atom stereocenters. The third-order valence-electron chi connectivity index (χ3n) is 4.53. The Morgan fingerprint density at radius 2 is 2.14 bits per heavy atom. The first kappa shape index (κ1) is 13.0. The van der Waals surface area contributed by atoms with E-state index in [-0.39, 0.29) is 23.6 Å². The quantitative estimate of drug-likeness (QED) is 0.830. The Morgan fingerprint density at radius 3 is 3.00 bits per heavy atom. The number of hydrogen-bond acceptors (Lipinski definition) is 2. The Balaban J connectivity index is 1.47. The van der Waals surface area contributed by atoms with E-state index < -0.39 is 0 Å². The number of amides is 1. The topological polar surface area (TPSA) is 20.3 Å². The van der Waals surface area contributed by atoms with Crippen LogP contribution in [0.3, 0.4) is 0 Å². The molecule has 2 nitrogen and oxygen atoms in total. The molecule has 2 heterocycles. The van der Waals surface area contributed by atoms with Gasteiger partial charge in [-0.25, -0.2) is 4.39 Å². The van der Waals surface area contributed by atoms with Gasteiger partial charge in [-0.15, -0.1) is 11.3 Å². The van der Waals surface area contributed by atoms with E-state index in [4.69, 9.17) is 0 Å². The number of nitrogens with zero attached hydrogens (tertiary/aromatic N) is 1. The van der Waals surface area contributed by atoms with E-state index in [1.54, 1.807) is 23.5 Å². The molecular weight excluding hydrogens is 285 g/mol. The molecule has 1 aromatic carbocycles. The predicted octanol–water partition coefficient (Wildman–Crippen LogP) is 3.58. The highest BCUT2D eigenvalue weighted by atomic mass is 32.1. The molecule has 0 radical (unpaired) electrons. The van der Waals surface area contributed by atoms with Gasteiger partial charge in [0.05, 0.1) is 0 Å². The van der Waals surface area contributed by atoms with Crippen molar-refractivity contribution in [1.29, 1.82) is 0 Å². The Labute approximate surface area is 127 Å². The van der Waals surface area contributed by atoms with E-state index in [2.05, 4.69) is 11.4 Å². The van der Waals surface area contributed by atoms with Gasteiger partial charge in [0.2, 0.25) is 5.91 Å². The zero-order valence-corrected chi connectivity index (χ0v) is 12.4. The minimum atomic E-state index is -0.184. The second-order valence-electron chi connectivity index (χ2n) is 5.85. The summed E-state index contributed by atoms with van der Waals surface area (Å²) in [6, 6.07) is 8.94. The first-order valence-electron chi connectivity index (χ1n) is 7.32. The molecule has 21 heavy (non-hydrogen) atoms. The Bertz CT molecular complexity index is 696. The number of benzene rings is 1. The maximum absolute atomic E-state index is 13.8. The number of carbonyl (C=O) groups excluding carboxylic acids is 1. The number of rotatable bonds is 2. The van der Waals surface area contributed by atoms with Gasteiger partial charge >= 0.3 is 0 Å². The van der Waals surface area contributed by atoms with E-state index >= 15 is 0 Å². The molecule has 1 fully saturated rings.